The number of hydrogen-bond donors (Lipinski definition) is 1. The van der Waals surface area contributed by atoms with E-state index in [1.807, 2.05) is 18.2 Å². The van der Waals surface area contributed by atoms with Gasteiger partial charge in [-0.2, -0.15) is 0 Å². The van der Waals surface area contributed by atoms with Crippen LogP contribution in [0.4, 0.5) is 5.69 Å². The van der Waals surface area contributed by atoms with Gasteiger partial charge in [-0.25, -0.2) is 0 Å². The number of hydrogen-bond acceptors (Lipinski definition) is 2. The van der Waals surface area contributed by atoms with Gasteiger partial charge in [0.05, 0.1) is 5.69 Å². The molecule has 0 radical (unpaired) electrons. The van der Waals surface area contributed by atoms with Gasteiger partial charge in [-0.3, -0.25) is 4.79 Å². The third-order valence-electron chi connectivity index (χ3n) is 2.73. The van der Waals surface area contributed by atoms with Crippen molar-refractivity contribution in [2.75, 3.05) is 24.5 Å². The molecule has 0 spiro atoms. The average Bonchev–Trinajstić information content (AvgIpc) is 2.24. The van der Waals surface area contributed by atoms with E-state index in [0.717, 1.165) is 30.5 Å². The van der Waals surface area contributed by atoms with Gasteiger partial charge in [-0.05, 0) is 34.5 Å². The summed E-state index contributed by atoms with van der Waals surface area (Å²) in [4.78, 5) is 13.5. The number of nitrogens with zero attached hydrogens (tertiary/aromatic N) is 1. The average molecular weight is 283 g/mol. The van der Waals surface area contributed by atoms with Gasteiger partial charge in [0, 0.05) is 30.5 Å². The zero-order chi connectivity index (χ0) is 11.4. The maximum absolute atomic E-state index is 11.2. The molecule has 1 saturated heterocycles. The first-order chi connectivity index (χ1) is 7.77. The van der Waals surface area contributed by atoms with E-state index < -0.39 is 0 Å². The largest absolute Gasteiger partial charge is 0.369 e. The van der Waals surface area contributed by atoms with Crippen molar-refractivity contribution in [1.29, 1.82) is 0 Å². The Morgan fingerprint density at radius 1 is 1.25 bits per heavy atom. The molecule has 0 bridgehead atoms. The molecule has 2 rings (SSSR count). The molecule has 0 aromatic heterocycles. The number of anilines is 1. The van der Waals surface area contributed by atoms with Crippen LogP contribution in [-0.4, -0.2) is 25.5 Å². The zero-order valence-electron chi connectivity index (χ0n) is 9.08. The summed E-state index contributed by atoms with van der Waals surface area (Å²) in [6.07, 6.45) is 1.54. The van der Waals surface area contributed by atoms with Crippen LogP contribution in [0.5, 0.6) is 0 Å². The fourth-order valence-corrected chi connectivity index (χ4v) is 2.45. The van der Waals surface area contributed by atoms with Crippen LogP contribution in [0.1, 0.15) is 12.8 Å². The molecule has 1 amide bonds. The number of rotatable bonds is 1. The second-order valence-electron chi connectivity index (χ2n) is 3.89. The maximum Gasteiger partial charge on any atom is 0.220 e. The summed E-state index contributed by atoms with van der Waals surface area (Å²) >= 11 is 3.56. The third-order valence-corrected chi connectivity index (χ3v) is 3.40. The minimum Gasteiger partial charge on any atom is -0.369 e. The Labute approximate surface area is 104 Å². The monoisotopic (exact) mass is 282 g/mol. The summed E-state index contributed by atoms with van der Waals surface area (Å²) in [5.74, 6) is 0.173. The molecule has 16 heavy (non-hydrogen) atoms. The second-order valence-corrected chi connectivity index (χ2v) is 4.75. The summed E-state index contributed by atoms with van der Waals surface area (Å²) in [7, 11) is 0. The van der Waals surface area contributed by atoms with Gasteiger partial charge in [-0.15, -0.1) is 0 Å². The van der Waals surface area contributed by atoms with Gasteiger partial charge in [0.25, 0.3) is 0 Å². The first-order valence-electron chi connectivity index (χ1n) is 5.53. The first kappa shape index (κ1) is 11.5. The Bertz CT molecular complexity index is 369. The van der Waals surface area contributed by atoms with Crippen molar-refractivity contribution in [2.24, 2.45) is 0 Å². The first-order valence-corrected chi connectivity index (χ1v) is 6.33. The minimum absolute atomic E-state index is 0.173. The lowest BCUT2D eigenvalue weighted by molar-refractivity contribution is -0.121. The Kier molecular flexibility index (Phi) is 3.83. The molecule has 0 unspecified atom stereocenters. The van der Waals surface area contributed by atoms with Crippen LogP contribution in [0, 0.1) is 0 Å². The third kappa shape index (κ3) is 2.76. The standard InChI is InChI=1S/C12H15BrN2O/c13-10-4-1-2-5-11(10)15-8-3-6-12(16)14-7-9-15/h1-2,4-5H,3,6-9H2,(H,14,16). The number of carbonyl (C=O) groups is 1. The van der Waals surface area contributed by atoms with Crippen LogP contribution in [-0.2, 0) is 4.79 Å². The highest BCUT2D eigenvalue weighted by Gasteiger charge is 2.13. The predicted molar refractivity (Wildman–Crippen MR) is 68.6 cm³/mol. The van der Waals surface area contributed by atoms with Crippen molar-refractivity contribution in [2.45, 2.75) is 12.8 Å². The predicted octanol–water partition coefficient (Wildman–Crippen LogP) is 2.17. The molecular weight excluding hydrogens is 268 g/mol. The molecule has 1 fully saturated rings. The van der Waals surface area contributed by atoms with Crippen LogP contribution < -0.4 is 10.2 Å². The number of carbonyl (C=O) groups excluding carboxylic acids is 1. The number of benzene rings is 1. The molecule has 86 valence electrons. The number of para-hydroxylation sites is 1. The van der Waals surface area contributed by atoms with Crippen molar-refractivity contribution < 1.29 is 4.79 Å². The molecule has 0 aliphatic carbocycles. The fraction of sp³-hybridized carbons (Fsp3) is 0.417. The van der Waals surface area contributed by atoms with E-state index in [2.05, 4.69) is 32.2 Å². The second kappa shape index (κ2) is 5.34. The molecular formula is C12H15BrN2O. The van der Waals surface area contributed by atoms with E-state index in [1.165, 1.54) is 5.69 Å². The Balaban J connectivity index is 2.09. The zero-order valence-corrected chi connectivity index (χ0v) is 10.7. The number of halogens is 1. The molecule has 1 N–H and O–H groups in total. The highest BCUT2D eigenvalue weighted by Crippen LogP contribution is 2.25. The summed E-state index contributed by atoms with van der Waals surface area (Å²) in [5, 5.41) is 2.91. The van der Waals surface area contributed by atoms with Crippen molar-refractivity contribution in [3.63, 3.8) is 0 Å². The fourth-order valence-electron chi connectivity index (χ4n) is 1.91. The van der Waals surface area contributed by atoms with E-state index in [4.69, 9.17) is 0 Å². The van der Waals surface area contributed by atoms with Gasteiger partial charge >= 0.3 is 0 Å². The van der Waals surface area contributed by atoms with E-state index in [0.29, 0.717) is 6.42 Å². The Morgan fingerprint density at radius 2 is 2.06 bits per heavy atom. The Morgan fingerprint density at radius 3 is 2.88 bits per heavy atom. The van der Waals surface area contributed by atoms with Crippen LogP contribution >= 0.6 is 15.9 Å². The molecule has 1 heterocycles. The highest BCUT2D eigenvalue weighted by atomic mass is 79.9. The van der Waals surface area contributed by atoms with E-state index in [-0.39, 0.29) is 5.91 Å². The van der Waals surface area contributed by atoms with E-state index in [1.54, 1.807) is 0 Å². The topological polar surface area (TPSA) is 32.3 Å². The molecule has 4 heteroatoms. The van der Waals surface area contributed by atoms with Gasteiger partial charge in [0.1, 0.15) is 0 Å². The lowest BCUT2D eigenvalue weighted by atomic mass is 10.2. The molecule has 0 saturated carbocycles. The number of amides is 1. The van der Waals surface area contributed by atoms with Crippen molar-refractivity contribution >= 4 is 27.5 Å². The molecule has 1 aromatic carbocycles. The van der Waals surface area contributed by atoms with Crippen molar-refractivity contribution in [3.05, 3.63) is 28.7 Å². The molecule has 1 aliphatic heterocycles. The lowest BCUT2D eigenvalue weighted by Crippen LogP contribution is -2.38. The summed E-state index contributed by atoms with van der Waals surface area (Å²) in [6, 6.07) is 8.21. The van der Waals surface area contributed by atoms with Gasteiger partial charge in [0.2, 0.25) is 5.91 Å². The van der Waals surface area contributed by atoms with Gasteiger partial charge in [-0.1, -0.05) is 12.1 Å². The van der Waals surface area contributed by atoms with E-state index >= 15 is 0 Å². The quantitative estimate of drug-likeness (QED) is 0.856. The normalized spacial score (nSPS) is 17.6. The maximum atomic E-state index is 11.2. The smallest absolute Gasteiger partial charge is 0.220 e. The Hall–Kier alpha value is -1.03. The minimum atomic E-state index is 0.173. The summed E-state index contributed by atoms with van der Waals surface area (Å²) in [5.41, 5.74) is 1.21. The van der Waals surface area contributed by atoms with Crippen LogP contribution in [0.25, 0.3) is 0 Å². The highest BCUT2D eigenvalue weighted by molar-refractivity contribution is 9.10. The van der Waals surface area contributed by atoms with Gasteiger partial charge in [0.15, 0.2) is 0 Å². The van der Waals surface area contributed by atoms with Crippen molar-refractivity contribution in [3.8, 4) is 0 Å². The van der Waals surface area contributed by atoms with E-state index in [9.17, 15) is 4.79 Å². The molecule has 1 aliphatic rings. The van der Waals surface area contributed by atoms with Crippen LogP contribution in [0.15, 0.2) is 28.7 Å². The summed E-state index contributed by atoms with van der Waals surface area (Å²) in [6.45, 7) is 2.53. The van der Waals surface area contributed by atoms with Crippen LogP contribution in [0.2, 0.25) is 0 Å². The SMILES string of the molecule is O=C1CCCN(c2ccccc2Br)CCN1. The van der Waals surface area contributed by atoms with Crippen molar-refractivity contribution in [1.82, 2.24) is 5.32 Å². The van der Waals surface area contributed by atoms with Crippen LogP contribution in [0.3, 0.4) is 0 Å². The summed E-state index contributed by atoms with van der Waals surface area (Å²) < 4.78 is 1.11. The molecule has 1 aromatic rings. The lowest BCUT2D eigenvalue weighted by Gasteiger charge is -2.27. The van der Waals surface area contributed by atoms with Gasteiger partial charge < -0.3 is 10.2 Å². The molecule has 3 nitrogen and oxygen atoms in total. The number of nitrogens with one attached hydrogen (secondary N) is 1. The molecule has 0 atom stereocenters.